The number of rotatable bonds is 0. The highest BCUT2D eigenvalue weighted by atomic mass is 16.1. The van der Waals surface area contributed by atoms with Gasteiger partial charge in [0.2, 0.25) is 11.9 Å². The highest BCUT2D eigenvalue weighted by Gasteiger charge is 2.34. The zero-order valence-corrected chi connectivity index (χ0v) is 6.42. The smallest absolute Gasteiger partial charge is 0.245 e. The highest BCUT2D eigenvalue weighted by Crippen LogP contribution is 2.22. The Morgan fingerprint density at radius 1 is 1.45 bits per heavy atom. The Morgan fingerprint density at radius 3 is 3.18 bits per heavy atom. The van der Waals surface area contributed by atoms with E-state index in [9.17, 15) is 4.79 Å². The molecule has 0 amide bonds. The molecule has 0 aromatic rings. The maximum atomic E-state index is 11.3. The Bertz CT molecular complexity index is 240. The van der Waals surface area contributed by atoms with Gasteiger partial charge in [0.15, 0.2) is 5.78 Å². The van der Waals surface area contributed by atoms with Gasteiger partial charge >= 0.3 is 0 Å². The number of hydrogen-bond donors (Lipinski definition) is 0. The minimum atomic E-state index is 0.147. The monoisotopic (exact) mass is 149 g/mol. The zero-order chi connectivity index (χ0) is 7.68. The van der Waals surface area contributed by atoms with Gasteiger partial charge in [0.05, 0.1) is 11.1 Å². The minimum Gasteiger partial charge on any atom is -0.294 e. The average Bonchev–Trinajstić information content (AvgIpc) is 2.06. The molecule has 11 heavy (non-hydrogen) atoms. The van der Waals surface area contributed by atoms with Crippen molar-refractivity contribution >= 4 is 11.5 Å². The third kappa shape index (κ3) is 1.13. The SMILES string of the molecule is O=C1C=C[N+]=C2CCCCC12. The first-order valence-corrected chi connectivity index (χ1v) is 4.15. The van der Waals surface area contributed by atoms with E-state index in [-0.39, 0.29) is 11.7 Å². The number of carbonyl (C=O) groups is 1. The first kappa shape index (κ1) is 6.77. The lowest BCUT2D eigenvalue weighted by Crippen LogP contribution is -2.31. The van der Waals surface area contributed by atoms with E-state index in [1.54, 1.807) is 12.3 Å². The lowest BCUT2D eigenvalue weighted by Gasteiger charge is -2.15. The first-order valence-electron chi connectivity index (χ1n) is 4.15. The second-order valence-electron chi connectivity index (χ2n) is 3.14. The summed E-state index contributed by atoms with van der Waals surface area (Å²) >= 11 is 0. The summed E-state index contributed by atoms with van der Waals surface area (Å²) in [6.07, 6.45) is 7.67. The van der Waals surface area contributed by atoms with E-state index < -0.39 is 0 Å². The number of hydrogen-bond acceptors (Lipinski definition) is 2. The molecular formula is C9H11NO+. The van der Waals surface area contributed by atoms with Gasteiger partial charge in [-0.15, -0.1) is 0 Å². The van der Waals surface area contributed by atoms with Gasteiger partial charge in [-0.3, -0.25) is 4.79 Å². The van der Waals surface area contributed by atoms with Gasteiger partial charge in [-0.05, 0) is 12.8 Å². The predicted octanol–water partition coefficient (Wildman–Crippen LogP) is 1.05. The molecule has 0 saturated heterocycles. The molecule has 2 aliphatic rings. The Kier molecular flexibility index (Phi) is 1.60. The zero-order valence-electron chi connectivity index (χ0n) is 6.42. The minimum absolute atomic E-state index is 0.147. The van der Waals surface area contributed by atoms with Gasteiger partial charge in [0.25, 0.3) is 0 Å². The summed E-state index contributed by atoms with van der Waals surface area (Å²) in [6, 6.07) is 0. The molecule has 0 aromatic carbocycles. The molecule has 1 heterocycles. The lowest BCUT2D eigenvalue weighted by molar-refractivity contribution is -0.116. The van der Waals surface area contributed by atoms with Gasteiger partial charge in [0, 0.05) is 6.42 Å². The van der Waals surface area contributed by atoms with Crippen LogP contribution in [0, 0.1) is 5.92 Å². The summed E-state index contributed by atoms with van der Waals surface area (Å²) in [5.74, 6) is 0.406. The molecule has 1 aliphatic carbocycles. The van der Waals surface area contributed by atoms with Crippen LogP contribution in [0.1, 0.15) is 25.7 Å². The van der Waals surface area contributed by atoms with Crippen molar-refractivity contribution in [1.82, 2.24) is 4.99 Å². The van der Waals surface area contributed by atoms with Gasteiger partial charge in [-0.1, -0.05) is 6.42 Å². The second kappa shape index (κ2) is 2.61. The Labute approximate surface area is 66.0 Å². The van der Waals surface area contributed by atoms with Crippen molar-refractivity contribution in [2.45, 2.75) is 25.7 Å². The van der Waals surface area contributed by atoms with Crippen molar-refractivity contribution in [1.29, 1.82) is 0 Å². The summed E-state index contributed by atoms with van der Waals surface area (Å²) in [4.78, 5) is 15.5. The Morgan fingerprint density at radius 2 is 2.36 bits per heavy atom. The lowest BCUT2D eigenvalue weighted by atomic mass is 9.83. The molecule has 1 fully saturated rings. The first-order chi connectivity index (χ1) is 5.38. The molecule has 2 heteroatoms. The van der Waals surface area contributed by atoms with Crippen LogP contribution in [0.2, 0.25) is 0 Å². The van der Waals surface area contributed by atoms with Crippen molar-refractivity contribution in [2.24, 2.45) is 5.92 Å². The number of nitrogens with zero attached hydrogens (tertiary/aromatic N) is 1. The number of fused-ring (bicyclic) bond motifs is 1. The van der Waals surface area contributed by atoms with Crippen LogP contribution in [0.4, 0.5) is 0 Å². The van der Waals surface area contributed by atoms with E-state index in [2.05, 4.69) is 4.99 Å². The van der Waals surface area contributed by atoms with Crippen molar-refractivity contribution < 1.29 is 4.79 Å². The molecule has 0 spiro atoms. The molecular weight excluding hydrogens is 138 g/mol. The predicted molar refractivity (Wildman–Crippen MR) is 43.2 cm³/mol. The Balaban J connectivity index is 2.25. The van der Waals surface area contributed by atoms with Crippen LogP contribution in [0.5, 0.6) is 0 Å². The van der Waals surface area contributed by atoms with Gasteiger partial charge in [-0.2, -0.15) is 0 Å². The molecule has 0 N–H and O–H groups in total. The molecule has 1 saturated carbocycles. The van der Waals surface area contributed by atoms with E-state index in [0.29, 0.717) is 0 Å². The molecule has 1 atom stereocenters. The number of ketones is 1. The fourth-order valence-electron chi connectivity index (χ4n) is 1.78. The topological polar surface area (TPSA) is 31.2 Å². The highest BCUT2D eigenvalue weighted by molar-refractivity contribution is 6.11. The number of allylic oxidation sites excluding steroid dienone is 1. The van der Waals surface area contributed by atoms with Crippen LogP contribution < -0.4 is 4.99 Å². The molecule has 1 radical (unpaired) electrons. The molecule has 2 rings (SSSR count). The molecule has 1 unspecified atom stereocenters. The van der Waals surface area contributed by atoms with Crippen LogP contribution in [-0.2, 0) is 4.79 Å². The van der Waals surface area contributed by atoms with Gasteiger partial charge in [-0.25, -0.2) is 0 Å². The quantitative estimate of drug-likeness (QED) is 0.506. The molecule has 57 valence electrons. The fraction of sp³-hybridized carbons (Fsp3) is 0.556. The fourth-order valence-corrected chi connectivity index (χ4v) is 1.78. The molecule has 0 aromatic heterocycles. The Hall–Kier alpha value is -0.920. The van der Waals surface area contributed by atoms with Crippen LogP contribution in [-0.4, -0.2) is 11.5 Å². The third-order valence-corrected chi connectivity index (χ3v) is 2.40. The third-order valence-electron chi connectivity index (χ3n) is 2.40. The molecule has 0 bridgehead atoms. The van der Waals surface area contributed by atoms with Gasteiger partial charge < -0.3 is 0 Å². The van der Waals surface area contributed by atoms with E-state index in [1.165, 1.54) is 12.8 Å². The molecule has 2 nitrogen and oxygen atoms in total. The maximum absolute atomic E-state index is 11.3. The molecule has 1 aliphatic heterocycles. The van der Waals surface area contributed by atoms with Crippen LogP contribution in [0.3, 0.4) is 0 Å². The van der Waals surface area contributed by atoms with Crippen molar-refractivity contribution in [3.8, 4) is 0 Å². The summed E-state index contributed by atoms with van der Waals surface area (Å²) in [5.41, 5.74) is 1.11. The maximum Gasteiger partial charge on any atom is 0.245 e. The standard InChI is InChI=1S/C9H11NO/c11-9-5-6-10-8-4-2-1-3-7(8)9/h5-7H,1-4H2/q+1. The summed E-state index contributed by atoms with van der Waals surface area (Å²) in [6.45, 7) is 0. The van der Waals surface area contributed by atoms with E-state index in [4.69, 9.17) is 0 Å². The summed E-state index contributed by atoms with van der Waals surface area (Å²) in [5, 5.41) is 0. The normalized spacial score (nSPS) is 29.6. The van der Waals surface area contributed by atoms with Gasteiger partial charge in [0.1, 0.15) is 5.92 Å². The van der Waals surface area contributed by atoms with Crippen LogP contribution in [0.15, 0.2) is 12.3 Å². The van der Waals surface area contributed by atoms with Crippen LogP contribution >= 0.6 is 0 Å². The van der Waals surface area contributed by atoms with E-state index >= 15 is 0 Å². The summed E-state index contributed by atoms with van der Waals surface area (Å²) in [7, 11) is 0. The van der Waals surface area contributed by atoms with Crippen LogP contribution in [0.25, 0.3) is 0 Å². The largest absolute Gasteiger partial charge is 0.294 e. The van der Waals surface area contributed by atoms with Crippen molar-refractivity contribution in [3.05, 3.63) is 12.3 Å². The summed E-state index contributed by atoms with van der Waals surface area (Å²) < 4.78 is 0. The van der Waals surface area contributed by atoms with E-state index in [0.717, 1.165) is 18.6 Å². The average molecular weight is 149 g/mol. The second-order valence-corrected chi connectivity index (χ2v) is 3.14. The van der Waals surface area contributed by atoms with Crippen molar-refractivity contribution in [3.63, 3.8) is 0 Å². The number of aliphatic imine (C=N–C) groups is 1. The van der Waals surface area contributed by atoms with Crippen molar-refractivity contribution in [2.75, 3.05) is 0 Å². The number of carbonyl (C=O) groups excluding carboxylic acids is 1. The van der Waals surface area contributed by atoms with E-state index in [1.807, 2.05) is 0 Å².